The van der Waals surface area contributed by atoms with Gasteiger partial charge in [0.05, 0.1) is 28.0 Å². The number of allylic oxidation sites excluding steroid dienone is 2. The topological polar surface area (TPSA) is 118 Å². The van der Waals surface area contributed by atoms with E-state index >= 15 is 0 Å². The second-order valence-electron chi connectivity index (χ2n) is 9.23. The molecule has 3 aromatic rings. The molecule has 2 aliphatic rings. The van der Waals surface area contributed by atoms with Gasteiger partial charge in [-0.1, -0.05) is 34.5 Å². The van der Waals surface area contributed by atoms with Gasteiger partial charge in [-0.25, -0.2) is 21.3 Å². The van der Waals surface area contributed by atoms with Crippen LogP contribution in [0.15, 0.2) is 58.0 Å². The van der Waals surface area contributed by atoms with E-state index in [4.69, 9.17) is 23.2 Å². The van der Waals surface area contributed by atoms with E-state index in [0.29, 0.717) is 28.8 Å². The Labute approximate surface area is 239 Å². The Bertz CT molecular complexity index is 1730. The second-order valence-corrected chi connectivity index (χ2v) is 15.3. The molecule has 3 heterocycles. The molecule has 0 amide bonds. The van der Waals surface area contributed by atoms with Crippen molar-refractivity contribution >= 4 is 88.5 Å². The number of halogens is 2. The largest absolute Gasteiger partial charge is 0.748 e. The number of aromatic nitrogens is 1. The van der Waals surface area contributed by atoms with Crippen molar-refractivity contribution in [3.8, 4) is 0 Å². The van der Waals surface area contributed by atoms with Crippen molar-refractivity contribution in [1.82, 2.24) is 4.48 Å². The number of thioether (sulfide) groups is 1. The quantitative estimate of drug-likeness (QED) is 0.203. The van der Waals surface area contributed by atoms with Crippen molar-refractivity contribution < 1.29 is 30.5 Å². The molecule has 202 valence electrons. The van der Waals surface area contributed by atoms with Crippen molar-refractivity contribution in [3.63, 3.8) is 0 Å². The van der Waals surface area contributed by atoms with E-state index in [-0.39, 0.29) is 17.3 Å². The molecule has 0 aliphatic carbocycles. The molecule has 38 heavy (non-hydrogen) atoms. The molecule has 2 aromatic carbocycles. The van der Waals surface area contributed by atoms with E-state index in [9.17, 15) is 25.9 Å². The number of quaternary nitrogens is 1. The van der Waals surface area contributed by atoms with Crippen molar-refractivity contribution in [2.75, 3.05) is 12.3 Å². The highest BCUT2D eigenvalue weighted by atomic mass is 35.5. The molecule has 1 spiro atoms. The first-order valence-electron chi connectivity index (χ1n) is 11.5. The molecule has 14 heteroatoms. The molecule has 0 N–H and O–H groups in total. The molecular formula is C24H22Cl2N2O6S4. The molecule has 5 rings (SSSR count). The lowest BCUT2D eigenvalue weighted by molar-refractivity contribution is -0.668. The zero-order valence-corrected chi connectivity index (χ0v) is 24.7. The first-order valence-corrected chi connectivity index (χ1v) is 17.0. The summed E-state index contributed by atoms with van der Waals surface area (Å²) < 4.78 is 72.9. The molecule has 1 aromatic heterocycles. The van der Waals surface area contributed by atoms with Gasteiger partial charge in [0.25, 0.3) is 5.01 Å². The third kappa shape index (κ3) is 5.30. The van der Waals surface area contributed by atoms with E-state index in [2.05, 4.69) is 0 Å². The Balaban J connectivity index is 1.57. The Morgan fingerprint density at radius 1 is 1.13 bits per heavy atom. The van der Waals surface area contributed by atoms with Crippen LogP contribution in [0.25, 0.3) is 16.3 Å². The molecule has 2 atom stereocenters. The summed E-state index contributed by atoms with van der Waals surface area (Å²) in [7, 11) is -8.92. The fourth-order valence-corrected chi connectivity index (χ4v) is 9.62. The lowest BCUT2D eigenvalue weighted by atomic mass is 10.1. The van der Waals surface area contributed by atoms with Gasteiger partial charge in [-0.3, -0.25) is 0 Å². The standard InChI is InChI=1S/C24H22Cl2N2O6S4/c1-15(11-22-27(8-2-10-37(29,30)31)18-13-16(25)3-5-20(18)35-22)12-23-28(9-7-24(28)38(32,33)34)19-14-17(26)4-6-21(19)36-23/h3-6,11-14,24H,2,7-10H2,1H3. The summed E-state index contributed by atoms with van der Waals surface area (Å²) in [5, 5.41) is 1.41. The van der Waals surface area contributed by atoms with Crippen LogP contribution in [0.5, 0.6) is 0 Å². The minimum Gasteiger partial charge on any atom is -0.748 e. The molecule has 1 saturated heterocycles. The molecule has 0 bridgehead atoms. The fourth-order valence-electron chi connectivity index (χ4n) is 4.97. The fraction of sp³-hybridized carbons (Fsp3) is 0.292. The average molecular weight is 634 g/mol. The monoisotopic (exact) mass is 632 g/mol. The van der Waals surface area contributed by atoms with E-state index in [0.717, 1.165) is 30.7 Å². The van der Waals surface area contributed by atoms with Crippen molar-refractivity contribution in [2.45, 2.75) is 36.6 Å². The van der Waals surface area contributed by atoms with E-state index < -0.39 is 31.4 Å². The van der Waals surface area contributed by atoms with Crippen molar-refractivity contribution in [3.05, 3.63) is 68.1 Å². The smallest absolute Gasteiger partial charge is 0.263 e. The van der Waals surface area contributed by atoms with Crippen LogP contribution in [0.2, 0.25) is 10.0 Å². The van der Waals surface area contributed by atoms with E-state index in [1.807, 2.05) is 35.8 Å². The number of hydrogen-bond acceptors (Lipinski definition) is 8. The van der Waals surface area contributed by atoms with Gasteiger partial charge in [0.15, 0.2) is 32.8 Å². The van der Waals surface area contributed by atoms with Gasteiger partial charge < -0.3 is 9.11 Å². The number of nitrogens with zero attached hydrogens (tertiary/aromatic N) is 2. The summed E-state index contributed by atoms with van der Waals surface area (Å²) in [6.45, 7) is 2.65. The number of aryl methyl sites for hydroxylation is 1. The van der Waals surface area contributed by atoms with Crippen molar-refractivity contribution in [1.29, 1.82) is 0 Å². The Kier molecular flexibility index (Phi) is 7.51. The Hall–Kier alpha value is -1.48. The predicted molar refractivity (Wildman–Crippen MR) is 150 cm³/mol. The maximum absolute atomic E-state index is 12.2. The number of hydrogen-bond donors (Lipinski definition) is 0. The third-order valence-corrected chi connectivity index (χ3v) is 11.5. The van der Waals surface area contributed by atoms with Crippen LogP contribution in [0, 0.1) is 0 Å². The van der Waals surface area contributed by atoms with Gasteiger partial charge in [-0.2, -0.15) is 4.57 Å². The molecule has 0 radical (unpaired) electrons. The summed E-state index contributed by atoms with van der Waals surface area (Å²) >= 11 is 15.4. The maximum Gasteiger partial charge on any atom is 0.263 e. The zero-order valence-electron chi connectivity index (χ0n) is 20.0. The minimum atomic E-state index is -4.58. The van der Waals surface area contributed by atoms with Crippen LogP contribution in [0.1, 0.15) is 24.8 Å². The summed E-state index contributed by atoms with van der Waals surface area (Å²) in [6, 6.07) is 10.8. The third-order valence-electron chi connectivity index (χ3n) is 6.68. The number of rotatable bonds is 7. The highest BCUT2D eigenvalue weighted by Crippen LogP contribution is 2.58. The van der Waals surface area contributed by atoms with Crippen LogP contribution in [-0.4, -0.2) is 43.6 Å². The Morgan fingerprint density at radius 3 is 2.50 bits per heavy atom. The highest BCUT2D eigenvalue weighted by Gasteiger charge is 2.59. The summed E-state index contributed by atoms with van der Waals surface area (Å²) in [5.41, 5.74) is 2.34. The summed E-state index contributed by atoms with van der Waals surface area (Å²) in [4.78, 5) is 0.854. The van der Waals surface area contributed by atoms with Crippen LogP contribution in [0.3, 0.4) is 0 Å². The number of fused-ring (bicyclic) bond motifs is 3. The number of benzene rings is 2. The molecular weight excluding hydrogens is 611 g/mol. The average Bonchev–Trinajstić information content (AvgIpc) is 3.26. The molecule has 2 aliphatic heterocycles. The maximum atomic E-state index is 12.2. The molecule has 1 fully saturated rings. The molecule has 8 nitrogen and oxygen atoms in total. The first-order chi connectivity index (χ1) is 17.8. The van der Waals surface area contributed by atoms with Gasteiger partial charge in [0.2, 0.25) is 5.52 Å². The van der Waals surface area contributed by atoms with Gasteiger partial charge >= 0.3 is 0 Å². The second kappa shape index (κ2) is 10.2. The van der Waals surface area contributed by atoms with Crippen LogP contribution in [-0.2, 0) is 26.8 Å². The van der Waals surface area contributed by atoms with Crippen LogP contribution in [0.4, 0.5) is 5.69 Å². The first kappa shape index (κ1) is 28.1. The SMILES string of the molecule is CC(=Cc1sc2ccc(Cl)cc2[n+]1CCCS(=O)(=O)[O-])C=C1Sc2ccc(Cl)cc2[N+]12CCC2S(=O)(=O)[O-]. The summed E-state index contributed by atoms with van der Waals surface area (Å²) in [5.74, 6) is -0.480. The van der Waals surface area contributed by atoms with Gasteiger partial charge in [-0.05, 0) is 48.5 Å². The van der Waals surface area contributed by atoms with E-state index in [1.54, 1.807) is 24.3 Å². The zero-order chi connectivity index (χ0) is 27.5. The van der Waals surface area contributed by atoms with Crippen LogP contribution < -0.4 is 9.05 Å². The minimum absolute atomic E-state index is 0.0685. The highest BCUT2D eigenvalue weighted by molar-refractivity contribution is 8.03. The van der Waals surface area contributed by atoms with Gasteiger partial charge in [0.1, 0.15) is 4.70 Å². The predicted octanol–water partition coefficient (Wildman–Crippen LogP) is 5.06. The van der Waals surface area contributed by atoms with Gasteiger partial charge in [-0.15, -0.1) is 0 Å². The summed E-state index contributed by atoms with van der Waals surface area (Å²) in [6.07, 6.45) is 4.22. The van der Waals surface area contributed by atoms with E-state index in [1.165, 1.54) is 23.1 Å². The van der Waals surface area contributed by atoms with Gasteiger partial charge in [0, 0.05) is 46.5 Å². The Morgan fingerprint density at radius 2 is 1.84 bits per heavy atom. The normalized spacial score (nSPS) is 22.8. The lowest BCUT2D eigenvalue weighted by Crippen LogP contribution is -2.66. The van der Waals surface area contributed by atoms with Crippen molar-refractivity contribution in [2.24, 2.45) is 0 Å². The molecule has 0 saturated carbocycles. The lowest BCUT2D eigenvalue weighted by Gasteiger charge is -2.49. The molecule has 2 unspecified atom stereocenters. The van der Waals surface area contributed by atoms with Crippen LogP contribution >= 0.6 is 46.3 Å². The number of thiazole rings is 1.